The summed E-state index contributed by atoms with van der Waals surface area (Å²) in [5.41, 5.74) is 3.77. The number of aliphatic carboxylic acids is 1. The zero-order valence-corrected chi connectivity index (χ0v) is 14.9. The van der Waals surface area contributed by atoms with Crippen LogP contribution < -0.4 is 11.4 Å². The van der Waals surface area contributed by atoms with E-state index in [2.05, 4.69) is 4.98 Å². The topological polar surface area (TPSA) is 187 Å². The molecule has 14 heteroatoms. The van der Waals surface area contributed by atoms with Gasteiger partial charge in [0.2, 0.25) is 0 Å². The van der Waals surface area contributed by atoms with Crippen molar-refractivity contribution in [2.45, 2.75) is 42.4 Å². The van der Waals surface area contributed by atoms with Crippen molar-refractivity contribution in [3.05, 3.63) is 22.5 Å². The number of ether oxygens (including phenoxy) is 3. The molecule has 5 unspecified atom stereocenters. The van der Waals surface area contributed by atoms with Gasteiger partial charge in [-0.15, -0.1) is 11.8 Å². The van der Waals surface area contributed by atoms with Gasteiger partial charge in [-0.25, -0.2) is 14.0 Å². The lowest BCUT2D eigenvalue weighted by Crippen LogP contribution is -2.60. The minimum atomic E-state index is -1.83. The first kappa shape index (κ1) is 20.9. The number of nitrogens with zero attached hydrogens (tertiary/aromatic N) is 2. The largest absolute Gasteiger partial charge is 0.479 e. The maximum Gasteiger partial charge on any atom is 0.351 e. The predicted molar refractivity (Wildman–Crippen MR) is 89.5 cm³/mol. The SMILES string of the molecule is Nc1nc(=O)n([C@@H]2CS[C@H](COC3OC(C(=O)O)C(O)C(O)C3O)O2)cc1F. The minimum Gasteiger partial charge on any atom is -0.479 e. The fraction of sp³-hybridized carbons (Fsp3) is 0.643. The van der Waals surface area contributed by atoms with Gasteiger partial charge < -0.3 is 40.4 Å². The Kier molecular flexibility index (Phi) is 6.18. The van der Waals surface area contributed by atoms with Gasteiger partial charge in [0.15, 0.2) is 24.0 Å². The summed E-state index contributed by atoms with van der Waals surface area (Å²) in [4.78, 5) is 26.2. The average Bonchev–Trinajstić information content (AvgIpc) is 3.10. The number of carboxylic acid groups (broad SMARTS) is 1. The third kappa shape index (κ3) is 4.12. The van der Waals surface area contributed by atoms with Crippen LogP contribution in [-0.2, 0) is 19.0 Å². The van der Waals surface area contributed by atoms with E-state index < -0.39 is 65.7 Å². The Labute approximate surface area is 160 Å². The third-order valence-corrected chi connectivity index (χ3v) is 5.28. The monoisotopic (exact) mass is 423 g/mol. The number of anilines is 1. The van der Waals surface area contributed by atoms with Crippen LogP contribution in [0, 0.1) is 5.82 Å². The van der Waals surface area contributed by atoms with E-state index in [0.29, 0.717) is 0 Å². The number of hydrogen-bond donors (Lipinski definition) is 5. The molecule has 12 nitrogen and oxygen atoms in total. The van der Waals surface area contributed by atoms with Gasteiger partial charge in [-0.05, 0) is 0 Å². The van der Waals surface area contributed by atoms with E-state index in [1.807, 2.05) is 0 Å². The van der Waals surface area contributed by atoms with Crippen molar-refractivity contribution in [1.82, 2.24) is 9.55 Å². The van der Waals surface area contributed by atoms with Crippen LogP contribution in [0.1, 0.15) is 6.23 Å². The van der Waals surface area contributed by atoms with Gasteiger partial charge >= 0.3 is 11.7 Å². The van der Waals surface area contributed by atoms with Crippen LogP contribution in [0.2, 0.25) is 0 Å². The molecule has 3 rings (SSSR count). The highest BCUT2D eigenvalue weighted by atomic mass is 32.2. The predicted octanol–water partition coefficient (Wildman–Crippen LogP) is -2.54. The van der Waals surface area contributed by atoms with Gasteiger partial charge in [-0.1, -0.05) is 0 Å². The van der Waals surface area contributed by atoms with Gasteiger partial charge in [0.25, 0.3) is 0 Å². The first-order chi connectivity index (χ1) is 13.2. The second-order valence-corrected chi connectivity index (χ2v) is 7.28. The van der Waals surface area contributed by atoms with Gasteiger partial charge in [0.05, 0.1) is 12.8 Å². The molecule has 0 spiro atoms. The lowest BCUT2D eigenvalue weighted by molar-refractivity contribution is -0.296. The molecule has 1 aromatic rings. The highest BCUT2D eigenvalue weighted by Crippen LogP contribution is 2.32. The number of carbonyl (C=O) groups is 1. The second-order valence-electron chi connectivity index (χ2n) is 6.09. The van der Waals surface area contributed by atoms with Crippen molar-refractivity contribution in [2.24, 2.45) is 0 Å². The average molecular weight is 423 g/mol. The van der Waals surface area contributed by atoms with Crippen LogP contribution in [0.5, 0.6) is 0 Å². The Bertz CT molecular complexity index is 796. The van der Waals surface area contributed by atoms with Crippen molar-refractivity contribution in [2.75, 3.05) is 18.1 Å². The minimum absolute atomic E-state index is 0.211. The molecule has 0 aromatic carbocycles. The summed E-state index contributed by atoms with van der Waals surface area (Å²) in [7, 11) is 0. The molecule has 1 aromatic heterocycles. The molecule has 156 valence electrons. The molecule has 0 radical (unpaired) electrons. The molecule has 0 saturated carbocycles. The number of nitrogens with two attached hydrogens (primary N) is 1. The fourth-order valence-electron chi connectivity index (χ4n) is 2.70. The Morgan fingerprint density at radius 2 is 2.07 bits per heavy atom. The highest BCUT2D eigenvalue weighted by molar-refractivity contribution is 8.00. The Morgan fingerprint density at radius 3 is 2.75 bits per heavy atom. The molecular formula is C14H18FN3O9S. The summed E-state index contributed by atoms with van der Waals surface area (Å²) in [6.07, 6.45) is -8.57. The molecule has 28 heavy (non-hydrogen) atoms. The van der Waals surface area contributed by atoms with Crippen molar-refractivity contribution in [3.63, 3.8) is 0 Å². The van der Waals surface area contributed by atoms with Gasteiger partial charge in [0.1, 0.15) is 30.0 Å². The van der Waals surface area contributed by atoms with E-state index >= 15 is 0 Å². The van der Waals surface area contributed by atoms with E-state index in [4.69, 9.17) is 25.1 Å². The standard InChI is InChI=1S/C14H18FN3O9S/c15-4-1-18(14(24)17-11(4)16)5-3-28-6(26-5)2-25-13-9(21)7(19)8(20)10(27-13)12(22)23/h1,5-10,13,19-21H,2-3H2,(H,22,23)(H2,16,17,24)/t5-,6+,7?,8?,9?,10?,13?/m0/s1. The molecule has 6 N–H and O–H groups in total. The molecular weight excluding hydrogens is 405 g/mol. The summed E-state index contributed by atoms with van der Waals surface area (Å²) in [6.45, 7) is -0.211. The maximum absolute atomic E-state index is 13.5. The Balaban J connectivity index is 1.59. The maximum atomic E-state index is 13.5. The molecule has 0 aliphatic carbocycles. The van der Waals surface area contributed by atoms with Crippen molar-refractivity contribution in [3.8, 4) is 0 Å². The molecule has 2 aliphatic heterocycles. The van der Waals surface area contributed by atoms with Gasteiger partial charge in [-0.2, -0.15) is 4.98 Å². The van der Waals surface area contributed by atoms with Crippen LogP contribution >= 0.6 is 11.8 Å². The quantitative estimate of drug-likeness (QED) is 0.334. The van der Waals surface area contributed by atoms with Crippen LogP contribution in [0.4, 0.5) is 10.2 Å². The highest BCUT2D eigenvalue weighted by Gasteiger charge is 2.47. The smallest absolute Gasteiger partial charge is 0.351 e. The van der Waals surface area contributed by atoms with E-state index in [1.165, 1.54) is 11.8 Å². The van der Waals surface area contributed by atoms with Crippen LogP contribution in [0.15, 0.2) is 11.0 Å². The number of thioether (sulfide) groups is 1. The molecule has 2 aliphatic rings. The number of aliphatic hydroxyl groups excluding tert-OH is 3. The van der Waals surface area contributed by atoms with Crippen LogP contribution in [-0.4, -0.2) is 84.4 Å². The Hall–Kier alpha value is -1.81. The zero-order valence-electron chi connectivity index (χ0n) is 14.1. The molecule has 3 heterocycles. The summed E-state index contributed by atoms with van der Waals surface area (Å²) in [5.74, 6) is -2.68. The van der Waals surface area contributed by atoms with E-state index in [0.717, 1.165) is 10.8 Å². The number of aromatic nitrogens is 2. The van der Waals surface area contributed by atoms with E-state index in [-0.39, 0.29) is 12.4 Å². The lowest BCUT2D eigenvalue weighted by atomic mass is 9.99. The van der Waals surface area contributed by atoms with Crippen molar-refractivity contribution in [1.29, 1.82) is 0 Å². The number of rotatable bonds is 5. The van der Waals surface area contributed by atoms with E-state index in [9.17, 15) is 29.3 Å². The molecule has 2 saturated heterocycles. The van der Waals surface area contributed by atoms with Gasteiger partial charge in [-0.3, -0.25) is 4.57 Å². The van der Waals surface area contributed by atoms with Crippen molar-refractivity contribution < 1.29 is 43.8 Å². The second kappa shape index (κ2) is 8.28. The van der Waals surface area contributed by atoms with Crippen molar-refractivity contribution >= 4 is 23.5 Å². The molecule has 0 bridgehead atoms. The number of aliphatic hydroxyl groups is 3. The first-order valence-electron chi connectivity index (χ1n) is 8.04. The third-order valence-electron chi connectivity index (χ3n) is 4.19. The van der Waals surface area contributed by atoms with Crippen LogP contribution in [0.3, 0.4) is 0 Å². The van der Waals surface area contributed by atoms with E-state index in [1.54, 1.807) is 0 Å². The number of halogens is 1. The molecule has 0 amide bonds. The first-order valence-corrected chi connectivity index (χ1v) is 9.09. The summed E-state index contributed by atoms with van der Waals surface area (Å²) >= 11 is 1.21. The van der Waals surface area contributed by atoms with Gasteiger partial charge in [0, 0.05) is 5.75 Å². The number of nitrogen functional groups attached to an aromatic ring is 1. The lowest BCUT2D eigenvalue weighted by Gasteiger charge is -2.38. The Morgan fingerprint density at radius 1 is 1.36 bits per heavy atom. The molecule has 7 atom stereocenters. The molecule has 2 fully saturated rings. The fourth-order valence-corrected chi connectivity index (χ4v) is 3.70. The zero-order chi connectivity index (χ0) is 20.6. The number of carboxylic acids is 1. The summed E-state index contributed by atoms with van der Waals surface area (Å²) in [6, 6.07) is 0. The summed E-state index contributed by atoms with van der Waals surface area (Å²) < 4.78 is 30.3. The normalized spacial score (nSPS) is 35.8. The summed E-state index contributed by atoms with van der Waals surface area (Å²) in [5, 5.41) is 38.3. The van der Waals surface area contributed by atoms with Crippen LogP contribution in [0.25, 0.3) is 0 Å². The number of hydrogen-bond acceptors (Lipinski definition) is 11.